The van der Waals surface area contributed by atoms with Gasteiger partial charge in [0.15, 0.2) is 5.78 Å². The molecule has 0 unspecified atom stereocenters. The number of carboxylic acid groups (broad SMARTS) is 1. The number of benzene rings is 5. The number of carbonyl (C=O) groups excluding carboxylic acids is 3. The number of aromatic carboxylic acids is 1. The van der Waals surface area contributed by atoms with E-state index >= 15 is 0 Å². The van der Waals surface area contributed by atoms with Crippen LogP contribution in [0.5, 0.6) is 11.5 Å². The van der Waals surface area contributed by atoms with E-state index in [0.29, 0.717) is 38.4 Å². The minimum Gasteiger partial charge on any atom is -0.488 e. The maximum Gasteiger partial charge on any atom is 0.335 e. The SMILES string of the molecule is CC(=O)CCC(=O)c1cc(Cl)ccc1OCc1ccc(F)cc1F.CC(=O)Nc1cc(C(=O)O)cc(-n2c(C)ccc2-c2cc(Cl)ccc2OCc2ccc(F)cc2F)c1. The molecule has 0 aliphatic rings. The molecule has 0 aliphatic heterocycles. The number of carbonyl (C=O) groups is 4. The summed E-state index contributed by atoms with van der Waals surface area (Å²) in [5.74, 6) is -4.07. The van der Waals surface area contributed by atoms with Crippen molar-refractivity contribution in [1.29, 1.82) is 0 Å². The van der Waals surface area contributed by atoms with Gasteiger partial charge in [-0.05, 0) is 105 Å². The van der Waals surface area contributed by atoms with E-state index in [9.17, 15) is 41.8 Å². The Bertz CT molecular complexity index is 2600. The number of amides is 1. The molecule has 0 saturated carbocycles. The maximum atomic E-state index is 14.1. The Kier molecular flexibility index (Phi) is 14.9. The van der Waals surface area contributed by atoms with Crippen LogP contribution >= 0.6 is 23.2 Å². The monoisotopic (exact) mass is 862 g/mol. The second kappa shape index (κ2) is 20.0. The first-order valence-electron chi connectivity index (χ1n) is 18.1. The van der Waals surface area contributed by atoms with E-state index in [1.54, 1.807) is 34.9 Å². The van der Waals surface area contributed by atoms with Crippen molar-refractivity contribution in [1.82, 2.24) is 4.57 Å². The normalized spacial score (nSPS) is 10.7. The first kappa shape index (κ1) is 44.7. The summed E-state index contributed by atoms with van der Waals surface area (Å²) in [7, 11) is 0. The highest BCUT2D eigenvalue weighted by atomic mass is 35.5. The molecule has 5 aromatic carbocycles. The zero-order valence-electron chi connectivity index (χ0n) is 32.3. The molecule has 2 N–H and O–H groups in total. The third-order valence-corrected chi connectivity index (χ3v) is 9.25. The topological polar surface area (TPSA) is 124 Å². The molecule has 6 rings (SSSR count). The molecule has 0 saturated heterocycles. The largest absolute Gasteiger partial charge is 0.488 e. The predicted octanol–water partition coefficient (Wildman–Crippen LogP) is 11.4. The maximum absolute atomic E-state index is 14.1. The average Bonchev–Trinajstić information content (AvgIpc) is 3.57. The van der Waals surface area contributed by atoms with Crippen molar-refractivity contribution in [3.05, 3.63) is 164 Å². The van der Waals surface area contributed by atoms with E-state index < -0.39 is 29.2 Å². The van der Waals surface area contributed by atoms with Crippen molar-refractivity contribution in [2.45, 2.75) is 46.8 Å². The van der Waals surface area contributed by atoms with Crippen molar-refractivity contribution in [2.24, 2.45) is 0 Å². The molecule has 310 valence electrons. The third kappa shape index (κ3) is 11.8. The number of nitrogens with zero attached hydrogens (tertiary/aromatic N) is 1. The fourth-order valence-electron chi connectivity index (χ4n) is 5.92. The van der Waals surface area contributed by atoms with Crippen LogP contribution in [0.3, 0.4) is 0 Å². The Morgan fingerprint density at radius 1 is 0.683 bits per heavy atom. The van der Waals surface area contributed by atoms with E-state index in [1.807, 2.05) is 19.1 Å². The van der Waals surface area contributed by atoms with Crippen LogP contribution in [0, 0.1) is 30.2 Å². The van der Waals surface area contributed by atoms with Crippen molar-refractivity contribution in [3.63, 3.8) is 0 Å². The Labute approximate surface area is 352 Å². The van der Waals surface area contributed by atoms with Gasteiger partial charge in [-0.15, -0.1) is 0 Å². The van der Waals surface area contributed by atoms with Crippen LogP contribution in [0.25, 0.3) is 16.9 Å². The fraction of sp³-hybridized carbons (Fsp3) is 0.156. The zero-order chi connectivity index (χ0) is 43.7. The Morgan fingerprint density at radius 3 is 1.83 bits per heavy atom. The van der Waals surface area contributed by atoms with Crippen molar-refractivity contribution >= 4 is 52.3 Å². The van der Waals surface area contributed by atoms with Crippen LogP contribution in [0.4, 0.5) is 23.2 Å². The molecule has 0 spiro atoms. The smallest absolute Gasteiger partial charge is 0.335 e. The van der Waals surface area contributed by atoms with E-state index in [2.05, 4.69) is 5.32 Å². The molecule has 60 heavy (non-hydrogen) atoms. The molecule has 9 nitrogen and oxygen atoms in total. The highest BCUT2D eigenvalue weighted by Crippen LogP contribution is 2.37. The molecule has 15 heteroatoms. The fourth-order valence-corrected chi connectivity index (χ4v) is 6.26. The molecular weight excluding hydrogens is 827 g/mol. The minimum absolute atomic E-state index is 0.00958. The van der Waals surface area contributed by atoms with Crippen LogP contribution in [-0.4, -0.2) is 33.1 Å². The zero-order valence-corrected chi connectivity index (χ0v) is 33.8. The molecule has 6 aromatic rings. The summed E-state index contributed by atoms with van der Waals surface area (Å²) in [5, 5.41) is 13.0. The quantitative estimate of drug-likeness (QED) is 0.0825. The lowest BCUT2D eigenvalue weighted by Crippen LogP contribution is -2.09. The summed E-state index contributed by atoms with van der Waals surface area (Å²) in [4.78, 5) is 46.6. The lowest BCUT2D eigenvalue weighted by atomic mass is 10.0. The van der Waals surface area contributed by atoms with Gasteiger partial charge in [-0.2, -0.15) is 0 Å². The van der Waals surface area contributed by atoms with Gasteiger partial charge >= 0.3 is 5.97 Å². The van der Waals surface area contributed by atoms with Crippen LogP contribution in [-0.2, 0) is 22.8 Å². The molecule has 0 fully saturated rings. The van der Waals surface area contributed by atoms with Gasteiger partial charge in [0.25, 0.3) is 0 Å². The number of ether oxygens (including phenoxy) is 2. The van der Waals surface area contributed by atoms with Gasteiger partial charge in [0, 0.05) is 75.7 Å². The summed E-state index contributed by atoms with van der Waals surface area (Å²) < 4.78 is 67.2. The number of aryl methyl sites for hydroxylation is 1. The summed E-state index contributed by atoms with van der Waals surface area (Å²) in [6.45, 7) is 4.26. The van der Waals surface area contributed by atoms with Crippen LogP contribution < -0.4 is 14.8 Å². The predicted molar refractivity (Wildman–Crippen MR) is 219 cm³/mol. The summed E-state index contributed by atoms with van der Waals surface area (Å²) in [6, 6.07) is 24.0. The molecule has 1 amide bonds. The van der Waals surface area contributed by atoms with Gasteiger partial charge in [0.2, 0.25) is 5.91 Å². The number of carboxylic acids is 1. The van der Waals surface area contributed by atoms with E-state index in [4.69, 9.17) is 32.7 Å². The van der Waals surface area contributed by atoms with E-state index in [1.165, 1.54) is 50.2 Å². The summed E-state index contributed by atoms with van der Waals surface area (Å²) >= 11 is 12.2. The second-order valence-electron chi connectivity index (χ2n) is 13.4. The number of halogens is 6. The highest BCUT2D eigenvalue weighted by Gasteiger charge is 2.19. The first-order valence-corrected chi connectivity index (χ1v) is 18.8. The number of anilines is 1. The van der Waals surface area contributed by atoms with Gasteiger partial charge in [-0.25, -0.2) is 22.4 Å². The van der Waals surface area contributed by atoms with Crippen molar-refractivity contribution in [2.75, 3.05) is 5.32 Å². The van der Waals surface area contributed by atoms with Crippen LogP contribution in [0.1, 0.15) is 64.2 Å². The lowest BCUT2D eigenvalue weighted by molar-refractivity contribution is -0.117. The third-order valence-electron chi connectivity index (χ3n) is 8.78. The van der Waals surface area contributed by atoms with Gasteiger partial charge in [0.05, 0.1) is 16.8 Å². The summed E-state index contributed by atoms with van der Waals surface area (Å²) in [6.07, 6.45) is 0.161. The minimum atomic E-state index is -1.15. The number of hydrogen-bond acceptors (Lipinski definition) is 6. The number of rotatable bonds is 14. The Balaban J connectivity index is 0.000000247. The lowest BCUT2D eigenvalue weighted by Gasteiger charge is -2.17. The molecule has 0 aliphatic carbocycles. The molecule has 0 bridgehead atoms. The number of aromatic nitrogens is 1. The first-order chi connectivity index (χ1) is 28.5. The van der Waals surface area contributed by atoms with Crippen LogP contribution in [0.15, 0.2) is 103 Å². The van der Waals surface area contributed by atoms with Gasteiger partial charge < -0.3 is 29.3 Å². The molecule has 1 heterocycles. The highest BCUT2D eigenvalue weighted by molar-refractivity contribution is 6.31. The molecule has 0 atom stereocenters. The van der Waals surface area contributed by atoms with Crippen molar-refractivity contribution in [3.8, 4) is 28.4 Å². The van der Waals surface area contributed by atoms with Gasteiger partial charge in [-0.1, -0.05) is 23.2 Å². The molecule has 0 radical (unpaired) electrons. The van der Waals surface area contributed by atoms with Crippen molar-refractivity contribution < 1.29 is 51.3 Å². The Morgan fingerprint density at radius 2 is 1.27 bits per heavy atom. The van der Waals surface area contributed by atoms with E-state index in [0.717, 1.165) is 30.0 Å². The van der Waals surface area contributed by atoms with Gasteiger partial charge in [0.1, 0.15) is 53.8 Å². The Hall–Kier alpha value is -6.44. The van der Waals surface area contributed by atoms with Crippen LogP contribution in [0.2, 0.25) is 10.0 Å². The second-order valence-corrected chi connectivity index (χ2v) is 14.3. The number of Topliss-reactive ketones (excluding diaryl/α,β-unsaturated/α-hetero) is 2. The molecular formula is C45H36Cl2F4N2O7. The van der Waals surface area contributed by atoms with E-state index in [-0.39, 0.29) is 71.5 Å². The summed E-state index contributed by atoms with van der Waals surface area (Å²) in [5.41, 5.74) is 3.34. The molecule has 1 aromatic heterocycles. The standard InChI is InChI=1S/C27H21ClF2N2O4.C18H15ClF2O3/c1-15-3-7-25(32(15)22-10-18(27(34)35)9-21(13-22)31-16(2)33)23-11-19(28)5-8-26(23)36-14-17-4-6-20(29)12-24(17)30;1-11(22)2-6-17(23)15-8-13(19)4-7-18(15)24-10-12-3-5-14(20)9-16(12)21/h3-13H,14H2,1-2H3,(H,31,33)(H,34,35);3-5,7-9H,2,6,10H2,1H3. The number of ketones is 2. The average molecular weight is 864 g/mol. The number of nitrogens with one attached hydrogen (secondary N) is 1. The number of hydrogen-bond donors (Lipinski definition) is 2. The van der Waals surface area contributed by atoms with Gasteiger partial charge in [-0.3, -0.25) is 9.59 Å².